The number of rotatable bonds is 15. The second-order valence-electron chi connectivity index (χ2n) is 7.17. The van der Waals surface area contributed by atoms with E-state index < -0.39 is 36.5 Å². The van der Waals surface area contributed by atoms with Crippen LogP contribution in [0.2, 0.25) is 0 Å². The lowest BCUT2D eigenvalue weighted by Crippen LogP contribution is -2.54. The van der Waals surface area contributed by atoms with Gasteiger partial charge < -0.3 is 32.1 Å². The Labute approximate surface area is 182 Å². The van der Waals surface area contributed by atoms with Crippen LogP contribution in [0.15, 0.2) is 30.3 Å². The average Bonchev–Trinajstić information content (AvgIpc) is 2.76. The molecular formula is C21H33N6O4. The highest BCUT2D eigenvalue weighted by molar-refractivity contribution is 5.90. The molecule has 0 saturated heterocycles. The quantitative estimate of drug-likeness (QED) is 0.105. The zero-order chi connectivity index (χ0) is 23.1. The van der Waals surface area contributed by atoms with E-state index in [1.807, 2.05) is 30.3 Å². The van der Waals surface area contributed by atoms with Gasteiger partial charge in [0.05, 0.1) is 12.6 Å². The predicted octanol–water partition coefficient (Wildman–Crippen LogP) is -1.07. The predicted molar refractivity (Wildman–Crippen MR) is 118 cm³/mol. The summed E-state index contributed by atoms with van der Waals surface area (Å²) >= 11 is 0. The van der Waals surface area contributed by atoms with Gasteiger partial charge in [0.1, 0.15) is 12.1 Å². The van der Waals surface area contributed by atoms with E-state index in [0.717, 1.165) is 12.8 Å². The largest absolute Gasteiger partial charge is 0.394 e. The smallest absolute Gasteiger partial charge is 0.242 e. The fraction of sp³-hybridized carbons (Fsp3) is 0.524. The lowest BCUT2D eigenvalue weighted by Gasteiger charge is -2.21. The van der Waals surface area contributed by atoms with Crippen molar-refractivity contribution in [3.05, 3.63) is 35.9 Å². The second-order valence-corrected chi connectivity index (χ2v) is 7.17. The average molecular weight is 434 g/mol. The Balaban J connectivity index is 2.36. The summed E-state index contributed by atoms with van der Waals surface area (Å²) < 4.78 is 0. The van der Waals surface area contributed by atoms with Gasteiger partial charge in [-0.3, -0.25) is 19.8 Å². The molecule has 10 nitrogen and oxygen atoms in total. The lowest BCUT2D eigenvalue weighted by molar-refractivity contribution is -0.130. The van der Waals surface area contributed by atoms with Gasteiger partial charge in [-0.15, -0.1) is 0 Å². The Morgan fingerprint density at radius 2 is 1.84 bits per heavy atom. The van der Waals surface area contributed by atoms with Crippen molar-refractivity contribution in [3.8, 4) is 0 Å². The van der Waals surface area contributed by atoms with Gasteiger partial charge in [0.15, 0.2) is 5.96 Å². The first-order chi connectivity index (χ1) is 14.9. The second kappa shape index (κ2) is 14.9. The molecule has 3 atom stereocenters. The summed E-state index contributed by atoms with van der Waals surface area (Å²) in [5, 5.41) is 27.2. The minimum Gasteiger partial charge on any atom is -0.394 e. The van der Waals surface area contributed by atoms with Crippen LogP contribution in [0.4, 0.5) is 0 Å². The number of hydrogen-bond donors (Lipinski definition) is 7. The molecule has 0 aromatic heterocycles. The SMILES string of the molecule is C[C@H](NC(=O)[C@@H](CO)NCCCc1ccccc1)C(=O)N[C@H]([C]=O)CCCNC(=N)N. The van der Waals surface area contributed by atoms with Gasteiger partial charge in [-0.05, 0) is 44.7 Å². The zero-order valence-corrected chi connectivity index (χ0v) is 17.8. The number of guanidine groups is 1. The highest BCUT2D eigenvalue weighted by Crippen LogP contribution is 2.02. The van der Waals surface area contributed by atoms with Crippen molar-refractivity contribution in [1.29, 1.82) is 5.41 Å². The number of hydrogen-bond acceptors (Lipinski definition) is 6. The summed E-state index contributed by atoms with van der Waals surface area (Å²) in [4.78, 5) is 35.7. The summed E-state index contributed by atoms with van der Waals surface area (Å²) in [6.45, 7) is 2.02. The Kier molecular flexibility index (Phi) is 12.5. The topological polar surface area (TPSA) is 169 Å². The fourth-order valence-electron chi connectivity index (χ4n) is 2.82. The van der Waals surface area contributed by atoms with Crippen LogP contribution in [0.3, 0.4) is 0 Å². The van der Waals surface area contributed by atoms with E-state index in [4.69, 9.17) is 11.1 Å². The number of aliphatic hydroxyl groups is 1. The van der Waals surface area contributed by atoms with Gasteiger partial charge in [-0.25, -0.2) is 0 Å². The van der Waals surface area contributed by atoms with E-state index in [9.17, 15) is 19.5 Å². The standard InChI is InChI=1S/C21H33N6O4/c1-15(19(30)27-17(13-28)10-6-12-25-21(22)23)26-20(31)18(14-29)24-11-5-9-16-7-3-2-4-8-16/h2-4,7-8,15,17-18,24,29H,5-6,9-12,14H2,1H3,(H,26,31)(H,27,30)(H4,22,23,25)/t15-,17-,18+/m0/s1. The molecule has 0 spiro atoms. The number of nitrogens with two attached hydrogens (primary N) is 1. The maximum atomic E-state index is 12.4. The van der Waals surface area contributed by atoms with E-state index in [1.165, 1.54) is 12.5 Å². The highest BCUT2D eigenvalue weighted by Gasteiger charge is 2.23. The van der Waals surface area contributed by atoms with Crippen molar-refractivity contribution in [2.75, 3.05) is 19.7 Å². The molecule has 1 rings (SSSR count). The van der Waals surface area contributed by atoms with Crippen LogP contribution in [0.25, 0.3) is 0 Å². The molecule has 1 aromatic rings. The van der Waals surface area contributed by atoms with Crippen LogP contribution in [0, 0.1) is 5.41 Å². The summed E-state index contributed by atoms with van der Waals surface area (Å²) in [6.07, 6.45) is 4.21. The Hall–Kier alpha value is -2.98. The van der Waals surface area contributed by atoms with Gasteiger partial charge in [-0.1, -0.05) is 30.3 Å². The normalized spacial score (nSPS) is 13.5. The molecule has 1 aromatic carbocycles. The molecule has 0 bridgehead atoms. The Morgan fingerprint density at radius 1 is 1.13 bits per heavy atom. The lowest BCUT2D eigenvalue weighted by atomic mass is 10.1. The van der Waals surface area contributed by atoms with Crippen molar-refractivity contribution < 1.29 is 19.5 Å². The maximum Gasteiger partial charge on any atom is 0.242 e. The third-order valence-corrected chi connectivity index (χ3v) is 4.57. The molecule has 0 aliphatic carbocycles. The van der Waals surface area contributed by atoms with Crippen molar-refractivity contribution in [2.45, 2.75) is 50.7 Å². The molecule has 31 heavy (non-hydrogen) atoms. The van der Waals surface area contributed by atoms with E-state index >= 15 is 0 Å². The molecule has 0 aliphatic rings. The summed E-state index contributed by atoms with van der Waals surface area (Å²) in [5.41, 5.74) is 6.36. The van der Waals surface area contributed by atoms with Gasteiger partial charge in [0.2, 0.25) is 18.1 Å². The first-order valence-corrected chi connectivity index (χ1v) is 10.3. The van der Waals surface area contributed by atoms with Crippen LogP contribution in [0.5, 0.6) is 0 Å². The Bertz CT molecular complexity index is 700. The number of carbonyl (C=O) groups excluding carboxylic acids is 3. The monoisotopic (exact) mass is 433 g/mol. The molecule has 0 aliphatic heterocycles. The van der Waals surface area contributed by atoms with E-state index in [2.05, 4.69) is 21.3 Å². The van der Waals surface area contributed by atoms with Crippen molar-refractivity contribution in [3.63, 3.8) is 0 Å². The summed E-state index contributed by atoms with van der Waals surface area (Å²) in [6, 6.07) is 7.39. The zero-order valence-electron chi connectivity index (χ0n) is 17.8. The molecule has 10 heteroatoms. The molecular weight excluding hydrogens is 400 g/mol. The summed E-state index contributed by atoms with van der Waals surface area (Å²) in [7, 11) is 0. The Morgan fingerprint density at radius 3 is 2.45 bits per heavy atom. The van der Waals surface area contributed by atoms with Gasteiger partial charge in [-0.2, -0.15) is 0 Å². The molecule has 2 amide bonds. The van der Waals surface area contributed by atoms with Gasteiger partial charge in [0, 0.05) is 6.54 Å². The molecule has 0 fully saturated rings. The number of nitrogens with one attached hydrogen (secondary N) is 5. The van der Waals surface area contributed by atoms with Crippen LogP contribution >= 0.6 is 0 Å². The molecule has 0 saturated carbocycles. The third kappa shape index (κ3) is 11.1. The molecule has 0 heterocycles. The van der Waals surface area contributed by atoms with Crippen LogP contribution < -0.4 is 27.0 Å². The minimum atomic E-state index is -0.890. The number of aryl methyl sites for hydroxylation is 1. The number of benzene rings is 1. The van der Waals surface area contributed by atoms with Crippen molar-refractivity contribution in [1.82, 2.24) is 21.3 Å². The molecule has 8 N–H and O–H groups in total. The van der Waals surface area contributed by atoms with Crippen LogP contribution in [-0.4, -0.2) is 67.0 Å². The van der Waals surface area contributed by atoms with Crippen molar-refractivity contribution in [2.24, 2.45) is 5.73 Å². The van der Waals surface area contributed by atoms with Gasteiger partial charge in [0.25, 0.3) is 0 Å². The fourth-order valence-corrected chi connectivity index (χ4v) is 2.82. The first kappa shape index (κ1) is 26.1. The molecule has 1 radical (unpaired) electrons. The van der Waals surface area contributed by atoms with Crippen LogP contribution in [0.1, 0.15) is 31.7 Å². The third-order valence-electron chi connectivity index (χ3n) is 4.57. The molecule has 0 unspecified atom stereocenters. The van der Waals surface area contributed by atoms with Crippen molar-refractivity contribution >= 4 is 24.1 Å². The number of carbonyl (C=O) groups is 2. The first-order valence-electron chi connectivity index (χ1n) is 10.3. The highest BCUT2D eigenvalue weighted by atomic mass is 16.3. The van der Waals surface area contributed by atoms with E-state index in [-0.39, 0.29) is 5.96 Å². The number of aliphatic hydroxyl groups excluding tert-OH is 1. The van der Waals surface area contributed by atoms with Crippen LogP contribution in [-0.2, 0) is 20.8 Å². The molecule has 171 valence electrons. The number of amides is 2. The maximum absolute atomic E-state index is 12.4. The van der Waals surface area contributed by atoms with Gasteiger partial charge >= 0.3 is 0 Å². The summed E-state index contributed by atoms with van der Waals surface area (Å²) in [5.74, 6) is -1.19. The minimum absolute atomic E-state index is 0.167. The van der Waals surface area contributed by atoms with E-state index in [0.29, 0.717) is 25.9 Å². The van der Waals surface area contributed by atoms with E-state index in [1.54, 1.807) is 6.29 Å².